The van der Waals surface area contributed by atoms with Gasteiger partial charge >= 0.3 is 5.69 Å². The van der Waals surface area contributed by atoms with Gasteiger partial charge in [0.15, 0.2) is 23.1 Å². The molecule has 11 nitrogen and oxygen atoms in total. The number of H-pyrrole nitrogens is 1. The maximum Gasteiger partial charge on any atom is 0.349 e. The number of amidine groups is 1. The number of hydrogen-bond donors (Lipinski definition) is 5. The van der Waals surface area contributed by atoms with Gasteiger partial charge in [0.1, 0.15) is 17.7 Å². The molecule has 1 atom stereocenters. The van der Waals surface area contributed by atoms with Gasteiger partial charge in [-0.25, -0.2) is 14.2 Å². The molecule has 2 aromatic carbocycles. The molecular formula is C24H23FN8O3. The average molecular weight is 490 g/mol. The van der Waals surface area contributed by atoms with Gasteiger partial charge in [0.25, 0.3) is 0 Å². The highest BCUT2D eigenvalue weighted by molar-refractivity contribution is 5.95. The molecule has 3 heterocycles. The summed E-state index contributed by atoms with van der Waals surface area (Å²) >= 11 is 0. The van der Waals surface area contributed by atoms with Crippen LogP contribution in [0.4, 0.5) is 15.8 Å². The molecule has 5 rings (SSSR count). The third-order valence-electron chi connectivity index (χ3n) is 5.87. The number of anilines is 2. The molecule has 1 aliphatic heterocycles. The molecule has 184 valence electrons. The normalized spacial score (nSPS) is 13.1. The topological polar surface area (TPSA) is 170 Å². The molecule has 0 amide bonds. The number of benzene rings is 2. The van der Waals surface area contributed by atoms with Crippen LogP contribution in [0.3, 0.4) is 0 Å². The molecule has 1 unspecified atom stereocenters. The number of hydrogen-bond acceptors (Lipinski definition) is 8. The lowest BCUT2D eigenvalue weighted by Crippen LogP contribution is -2.18. The zero-order valence-electron chi connectivity index (χ0n) is 19.2. The second-order valence-corrected chi connectivity index (χ2v) is 8.10. The van der Waals surface area contributed by atoms with Crippen LogP contribution >= 0.6 is 0 Å². The Morgan fingerprint density at radius 3 is 2.81 bits per heavy atom. The number of pyridine rings is 1. The van der Waals surface area contributed by atoms with E-state index in [2.05, 4.69) is 20.4 Å². The van der Waals surface area contributed by atoms with E-state index < -0.39 is 17.5 Å². The van der Waals surface area contributed by atoms with Gasteiger partial charge in [0.2, 0.25) is 0 Å². The summed E-state index contributed by atoms with van der Waals surface area (Å²) in [4.78, 5) is 19.7. The number of nitrogens with one attached hydrogen (secondary N) is 3. The fourth-order valence-electron chi connectivity index (χ4n) is 4.10. The summed E-state index contributed by atoms with van der Waals surface area (Å²) in [6.07, 6.45) is 1.87. The molecule has 0 spiro atoms. The van der Waals surface area contributed by atoms with E-state index in [1.54, 1.807) is 36.4 Å². The Bertz CT molecular complexity index is 1510. The lowest BCUT2D eigenvalue weighted by Gasteiger charge is -2.21. The van der Waals surface area contributed by atoms with E-state index in [4.69, 9.17) is 26.4 Å². The summed E-state index contributed by atoms with van der Waals surface area (Å²) in [5.41, 5.74) is 12.9. The van der Waals surface area contributed by atoms with Crippen LogP contribution in [-0.4, -0.2) is 39.3 Å². The van der Waals surface area contributed by atoms with Crippen LogP contribution in [0.2, 0.25) is 0 Å². The minimum atomic E-state index is -0.938. The average Bonchev–Trinajstić information content (AvgIpc) is 3.51. The first kappa shape index (κ1) is 22.9. The van der Waals surface area contributed by atoms with Crippen LogP contribution in [0.5, 0.6) is 11.5 Å². The maximum atomic E-state index is 15.8. The predicted molar refractivity (Wildman–Crippen MR) is 131 cm³/mol. The van der Waals surface area contributed by atoms with Crippen molar-refractivity contribution in [3.8, 4) is 17.3 Å². The molecular weight excluding hydrogens is 467 g/mol. The summed E-state index contributed by atoms with van der Waals surface area (Å²) in [7, 11) is 1.47. The molecule has 12 heteroatoms. The summed E-state index contributed by atoms with van der Waals surface area (Å²) in [5.74, 6) is 0.435. The SMILES string of the molecule is COc1cc(C(Nc2ccc(C(=N)N)cc2)c2nn(-c3ncccc3N)c(=O)[nH]2)c(F)c2c1OCC2. The fraction of sp³-hybridized carbons (Fsp3) is 0.167. The van der Waals surface area contributed by atoms with Gasteiger partial charge in [0.05, 0.1) is 19.4 Å². The Morgan fingerprint density at radius 1 is 1.33 bits per heavy atom. The number of ether oxygens (including phenoxy) is 2. The molecule has 0 saturated carbocycles. The Balaban J connectivity index is 1.65. The maximum absolute atomic E-state index is 15.8. The number of nitrogens with zero attached hydrogens (tertiary/aromatic N) is 3. The van der Waals surface area contributed by atoms with Crippen molar-refractivity contribution >= 4 is 17.2 Å². The number of nitrogen functional groups attached to an aromatic ring is 2. The predicted octanol–water partition coefficient (Wildman–Crippen LogP) is 2.11. The quantitative estimate of drug-likeness (QED) is 0.194. The molecule has 0 saturated heterocycles. The minimum absolute atomic E-state index is 0.0801. The van der Waals surface area contributed by atoms with Gasteiger partial charge in [-0.1, -0.05) is 0 Å². The fourth-order valence-corrected chi connectivity index (χ4v) is 4.10. The van der Waals surface area contributed by atoms with Crippen molar-refractivity contribution in [2.75, 3.05) is 24.8 Å². The molecule has 2 aromatic heterocycles. The Labute approximate surface area is 204 Å². The van der Waals surface area contributed by atoms with Crippen LogP contribution in [0.25, 0.3) is 5.82 Å². The van der Waals surface area contributed by atoms with Gasteiger partial charge in [-0.15, -0.1) is 5.10 Å². The number of aromatic nitrogens is 4. The Kier molecular flexibility index (Phi) is 5.76. The highest BCUT2D eigenvalue weighted by atomic mass is 19.1. The Hall–Kier alpha value is -4.87. The number of fused-ring (bicyclic) bond motifs is 1. The van der Waals surface area contributed by atoms with Crippen molar-refractivity contribution in [2.24, 2.45) is 5.73 Å². The first-order valence-corrected chi connectivity index (χ1v) is 11.0. The summed E-state index contributed by atoms with van der Waals surface area (Å²) in [5, 5.41) is 15.2. The van der Waals surface area contributed by atoms with E-state index in [1.165, 1.54) is 19.4 Å². The highest BCUT2D eigenvalue weighted by Crippen LogP contribution is 2.42. The molecule has 0 radical (unpaired) electrons. The lowest BCUT2D eigenvalue weighted by molar-refractivity contribution is 0.325. The smallest absolute Gasteiger partial charge is 0.349 e. The summed E-state index contributed by atoms with van der Waals surface area (Å²) in [6.45, 7) is 0.334. The monoisotopic (exact) mass is 490 g/mol. The summed E-state index contributed by atoms with van der Waals surface area (Å²) < 4.78 is 27.9. The van der Waals surface area contributed by atoms with Crippen molar-refractivity contribution in [1.82, 2.24) is 19.7 Å². The number of rotatable bonds is 7. The van der Waals surface area contributed by atoms with Crippen molar-refractivity contribution in [3.05, 3.63) is 87.5 Å². The second kappa shape index (κ2) is 9.06. The van der Waals surface area contributed by atoms with Crippen molar-refractivity contribution in [3.63, 3.8) is 0 Å². The first-order chi connectivity index (χ1) is 17.4. The first-order valence-electron chi connectivity index (χ1n) is 11.0. The molecule has 36 heavy (non-hydrogen) atoms. The molecule has 0 aliphatic carbocycles. The van der Waals surface area contributed by atoms with Gasteiger partial charge < -0.3 is 26.3 Å². The highest BCUT2D eigenvalue weighted by Gasteiger charge is 2.31. The van der Waals surface area contributed by atoms with E-state index in [0.717, 1.165) is 4.68 Å². The van der Waals surface area contributed by atoms with Crippen LogP contribution in [-0.2, 0) is 6.42 Å². The van der Waals surface area contributed by atoms with E-state index >= 15 is 4.39 Å². The third-order valence-corrected chi connectivity index (χ3v) is 5.87. The summed E-state index contributed by atoms with van der Waals surface area (Å²) in [6, 6.07) is 10.5. The molecule has 0 bridgehead atoms. The standard InChI is InChI=1S/C24H23FN8O3/c1-35-17-11-15(18(25)14-8-10-36-20(14)17)19(30-13-6-4-12(5-7-13)21(27)28)22-31-24(34)33(32-22)23-16(26)3-2-9-29-23/h2-7,9,11,19,30H,8,10,26H2,1H3,(H3,27,28)(H,31,32,34). The molecule has 0 fully saturated rings. The van der Waals surface area contributed by atoms with E-state index in [1.807, 2.05) is 0 Å². The third kappa shape index (κ3) is 3.98. The zero-order chi connectivity index (χ0) is 25.4. The van der Waals surface area contributed by atoms with Gasteiger partial charge in [-0.2, -0.15) is 4.68 Å². The Morgan fingerprint density at radius 2 is 2.11 bits per heavy atom. The second-order valence-electron chi connectivity index (χ2n) is 8.10. The van der Waals surface area contributed by atoms with E-state index in [0.29, 0.717) is 41.3 Å². The van der Waals surface area contributed by atoms with Crippen LogP contribution in [0.15, 0.2) is 53.5 Å². The van der Waals surface area contributed by atoms with Crippen molar-refractivity contribution in [2.45, 2.75) is 12.5 Å². The molecule has 4 aromatic rings. The van der Waals surface area contributed by atoms with Crippen LogP contribution < -0.4 is 31.9 Å². The number of methoxy groups -OCH3 is 1. The van der Waals surface area contributed by atoms with Crippen LogP contribution in [0, 0.1) is 11.2 Å². The van der Waals surface area contributed by atoms with Gasteiger partial charge in [0, 0.05) is 35.0 Å². The number of halogens is 1. The largest absolute Gasteiger partial charge is 0.493 e. The van der Waals surface area contributed by atoms with Crippen molar-refractivity contribution in [1.29, 1.82) is 5.41 Å². The lowest BCUT2D eigenvalue weighted by atomic mass is 9.99. The molecule has 1 aliphatic rings. The van der Waals surface area contributed by atoms with Crippen LogP contribution in [0.1, 0.15) is 28.6 Å². The van der Waals surface area contributed by atoms with E-state index in [9.17, 15) is 4.79 Å². The van der Waals surface area contributed by atoms with E-state index in [-0.39, 0.29) is 28.7 Å². The van der Waals surface area contributed by atoms with Crippen molar-refractivity contribution < 1.29 is 13.9 Å². The van der Waals surface area contributed by atoms with Gasteiger partial charge in [-0.05, 0) is 42.5 Å². The zero-order valence-corrected chi connectivity index (χ0v) is 19.2. The molecule has 7 N–H and O–H groups in total. The van der Waals surface area contributed by atoms with Gasteiger partial charge in [-0.3, -0.25) is 10.4 Å². The number of nitrogens with two attached hydrogens (primary N) is 2. The number of aromatic amines is 1. The minimum Gasteiger partial charge on any atom is -0.493 e.